The molecule has 1 aliphatic rings. The Labute approximate surface area is 83.8 Å². The first-order valence-electron chi connectivity index (χ1n) is 5.16. The molecule has 1 saturated carbocycles. The Bertz CT molecular complexity index is 358. The first kappa shape index (κ1) is 9.46. The van der Waals surface area contributed by atoms with Crippen LogP contribution in [-0.2, 0) is 6.54 Å². The van der Waals surface area contributed by atoms with Gasteiger partial charge in [0.25, 0.3) is 5.56 Å². The van der Waals surface area contributed by atoms with Crippen LogP contribution in [0.3, 0.4) is 0 Å². The van der Waals surface area contributed by atoms with Crippen molar-refractivity contribution in [3.8, 4) is 0 Å². The fraction of sp³-hybridized carbons (Fsp3) is 0.545. The SMILES string of the molecule is CC1CC1NCCn1ccccc1=O. The molecule has 1 fully saturated rings. The van der Waals surface area contributed by atoms with Gasteiger partial charge < -0.3 is 9.88 Å². The summed E-state index contributed by atoms with van der Waals surface area (Å²) in [7, 11) is 0. The second kappa shape index (κ2) is 3.96. The van der Waals surface area contributed by atoms with Crippen LogP contribution in [0.4, 0.5) is 0 Å². The third kappa shape index (κ3) is 2.23. The lowest BCUT2D eigenvalue weighted by Crippen LogP contribution is -2.27. The van der Waals surface area contributed by atoms with Gasteiger partial charge in [0.05, 0.1) is 0 Å². The van der Waals surface area contributed by atoms with Crippen molar-refractivity contribution in [2.24, 2.45) is 5.92 Å². The number of nitrogens with zero attached hydrogens (tertiary/aromatic N) is 1. The van der Waals surface area contributed by atoms with E-state index in [0.717, 1.165) is 19.0 Å². The van der Waals surface area contributed by atoms with Gasteiger partial charge in [-0.25, -0.2) is 0 Å². The van der Waals surface area contributed by atoms with Crippen LogP contribution in [0.2, 0.25) is 0 Å². The number of pyridine rings is 1. The quantitative estimate of drug-likeness (QED) is 0.767. The Morgan fingerprint density at radius 1 is 1.57 bits per heavy atom. The van der Waals surface area contributed by atoms with E-state index in [2.05, 4.69) is 12.2 Å². The minimum Gasteiger partial charge on any atom is -0.314 e. The number of rotatable bonds is 4. The molecule has 0 amide bonds. The molecule has 2 unspecified atom stereocenters. The molecule has 0 aliphatic heterocycles. The van der Waals surface area contributed by atoms with E-state index in [-0.39, 0.29) is 5.56 Å². The second-order valence-corrected chi connectivity index (χ2v) is 4.01. The maximum Gasteiger partial charge on any atom is 0.250 e. The van der Waals surface area contributed by atoms with Gasteiger partial charge in [-0.2, -0.15) is 0 Å². The van der Waals surface area contributed by atoms with Crippen molar-refractivity contribution in [2.45, 2.75) is 25.9 Å². The largest absolute Gasteiger partial charge is 0.314 e. The van der Waals surface area contributed by atoms with Crippen LogP contribution in [-0.4, -0.2) is 17.2 Å². The molecular weight excluding hydrogens is 176 g/mol. The molecule has 2 atom stereocenters. The minimum atomic E-state index is 0.0816. The van der Waals surface area contributed by atoms with Crippen LogP contribution in [0.15, 0.2) is 29.2 Å². The van der Waals surface area contributed by atoms with Gasteiger partial charge in [-0.1, -0.05) is 13.0 Å². The third-order valence-electron chi connectivity index (χ3n) is 2.77. The van der Waals surface area contributed by atoms with Crippen molar-refractivity contribution in [3.05, 3.63) is 34.7 Å². The highest BCUT2D eigenvalue weighted by Gasteiger charge is 2.31. The van der Waals surface area contributed by atoms with Gasteiger partial charge in [0.1, 0.15) is 0 Å². The predicted molar refractivity (Wildman–Crippen MR) is 56.3 cm³/mol. The molecule has 0 bridgehead atoms. The number of hydrogen-bond donors (Lipinski definition) is 1. The number of aromatic nitrogens is 1. The van der Waals surface area contributed by atoms with Crippen LogP contribution in [0.25, 0.3) is 0 Å². The molecular formula is C11H16N2O. The van der Waals surface area contributed by atoms with Gasteiger partial charge in [0.2, 0.25) is 0 Å². The Hall–Kier alpha value is -1.09. The highest BCUT2D eigenvalue weighted by molar-refractivity contribution is 4.94. The molecule has 2 rings (SSSR count). The van der Waals surface area contributed by atoms with E-state index in [1.807, 2.05) is 12.3 Å². The van der Waals surface area contributed by atoms with Crippen molar-refractivity contribution >= 4 is 0 Å². The molecule has 1 N–H and O–H groups in total. The normalized spacial score (nSPS) is 24.9. The summed E-state index contributed by atoms with van der Waals surface area (Å²) in [5, 5.41) is 3.42. The Balaban J connectivity index is 1.80. The Morgan fingerprint density at radius 2 is 2.36 bits per heavy atom. The van der Waals surface area contributed by atoms with E-state index in [1.54, 1.807) is 16.7 Å². The lowest BCUT2D eigenvalue weighted by atomic mass is 10.4. The van der Waals surface area contributed by atoms with Gasteiger partial charge in [-0.3, -0.25) is 4.79 Å². The molecule has 14 heavy (non-hydrogen) atoms. The van der Waals surface area contributed by atoms with Gasteiger partial charge >= 0.3 is 0 Å². The van der Waals surface area contributed by atoms with Crippen molar-refractivity contribution < 1.29 is 0 Å². The molecule has 3 heteroatoms. The summed E-state index contributed by atoms with van der Waals surface area (Å²) in [6.07, 6.45) is 3.12. The van der Waals surface area contributed by atoms with E-state index < -0.39 is 0 Å². The van der Waals surface area contributed by atoms with Crippen LogP contribution in [0, 0.1) is 5.92 Å². The summed E-state index contributed by atoms with van der Waals surface area (Å²) in [5.41, 5.74) is 0.0816. The lowest BCUT2D eigenvalue weighted by Gasteiger charge is -2.05. The fourth-order valence-electron chi connectivity index (χ4n) is 1.62. The predicted octanol–water partition coefficient (Wildman–Crippen LogP) is 0.846. The first-order chi connectivity index (χ1) is 6.77. The van der Waals surface area contributed by atoms with Gasteiger partial charge in [0.15, 0.2) is 0 Å². The molecule has 0 saturated heterocycles. The molecule has 3 nitrogen and oxygen atoms in total. The second-order valence-electron chi connectivity index (χ2n) is 4.01. The van der Waals surface area contributed by atoms with Gasteiger partial charge in [0, 0.05) is 31.4 Å². The standard InChI is InChI=1S/C11H16N2O/c1-9-8-10(9)12-5-7-13-6-3-2-4-11(13)14/h2-4,6,9-10,12H,5,7-8H2,1H3. The van der Waals surface area contributed by atoms with E-state index in [4.69, 9.17) is 0 Å². The van der Waals surface area contributed by atoms with Crippen molar-refractivity contribution in [1.29, 1.82) is 0 Å². The van der Waals surface area contributed by atoms with Crippen molar-refractivity contribution in [3.63, 3.8) is 0 Å². The van der Waals surface area contributed by atoms with Crippen LogP contribution in [0.5, 0.6) is 0 Å². The maximum atomic E-state index is 11.3. The fourth-order valence-corrected chi connectivity index (χ4v) is 1.62. The highest BCUT2D eigenvalue weighted by Crippen LogP contribution is 2.28. The zero-order chi connectivity index (χ0) is 9.97. The summed E-state index contributed by atoms with van der Waals surface area (Å²) in [4.78, 5) is 11.3. The van der Waals surface area contributed by atoms with E-state index >= 15 is 0 Å². The van der Waals surface area contributed by atoms with Crippen molar-refractivity contribution in [1.82, 2.24) is 9.88 Å². The third-order valence-corrected chi connectivity index (χ3v) is 2.77. The van der Waals surface area contributed by atoms with Crippen LogP contribution >= 0.6 is 0 Å². The topological polar surface area (TPSA) is 34.0 Å². The van der Waals surface area contributed by atoms with Gasteiger partial charge in [-0.15, -0.1) is 0 Å². The molecule has 1 aromatic heterocycles. The summed E-state index contributed by atoms with van der Waals surface area (Å²) < 4.78 is 1.74. The van der Waals surface area contributed by atoms with Gasteiger partial charge in [-0.05, 0) is 18.4 Å². The molecule has 76 valence electrons. The smallest absolute Gasteiger partial charge is 0.250 e. The van der Waals surface area contributed by atoms with E-state index in [0.29, 0.717) is 6.04 Å². The molecule has 1 aromatic rings. The zero-order valence-corrected chi connectivity index (χ0v) is 8.44. The Kier molecular flexibility index (Phi) is 2.68. The summed E-state index contributed by atoms with van der Waals surface area (Å²) in [5.74, 6) is 0.822. The molecule has 1 heterocycles. The molecule has 1 aliphatic carbocycles. The maximum absolute atomic E-state index is 11.3. The first-order valence-corrected chi connectivity index (χ1v) is 5.16. The van der Waals surface area contributed by atoms with E-state index in [9.17, 15) is 4.79 Å². The van der Waals surface area contributed by atoms with Crippen molar-refractivity contribution in [2.75, 3.05) is 6.54 Å². The molecule has 0 aromatic carbocycles. The number of nitrogens with one attached hydrogen (secondary N) is 1. The average Bonchev–Trinajstić information content (AvgIpc) is 2.86. The van der Waals surface area contributed by atoms with Crippen LogP contribution in [0.1, 0.15) is 13.3 Å². The number of hydrogen-bond acceptors (Lipinski definition) is 2. The molecule has 0 radical (unpaired) electrons. The summed E-state index contributed by atoms with van der Waals surface area (Å²) in [6.45, 7) is 3.90. The lowest BCUT2D eigenvalue weighted by molar-refractivity contribution is 0.569. The summed E-state index contributed by atoms with van der Waals surface area (Å²) >= 11 is 0. The minimum absolute atomic E-state index is 0.0816. The monoisotopic (exact) mass is 192 g/mol. The Morgan fingerprint density at radius 3 is 3.00 bits per heavy atom. The summed E-state index contributed by atoms with van der Waals surface area (Å²) in [6, 6.07) is 5.95. The van der Waals surface area contributed by atoms with Crippen LogP contribution < -0.4 is 10.9 Å². The molecule has 0 spiro atoms. The van der Waals surface area contributed by atoms with E-state index in [1.165, 1.54) is 6.42 Å². The average molecular weight is 192 g/mol. The highest BCUT2D eigenvalue weighted by atomic mass is 16.1. The zero-order valence-electron chi connectivity index (χ0n) is 8.44.